The monoisotopic (exact) mass is 283 g/mol. The molecule has 1 aromatic rings. The fourth-order valence-electron chi connectivity index (χ4n) is 2.30. The van der Waals surface area contributed by atoms with Crippen molar-refractivity contribution in [2.45, 2.75) is 37.3 Å². The Morgan fingerprint density at radius 2 is 2.26 bits per heavy atom. The number of aromatic nitrogens is 2. The van der Waals surface area contributed by atoms with E-state index in [1.54, 1.807) is 4.57 Å². The molecule has 7 heteroatoms. The molecule has 6 nitrogen and oxygen atoms in total. The van der Waals surface area contributed by atoms with E-state index >= 15 is 0 Å². The van der Waals surface area contributed by atoms with Gasteiger partial charge in [0.25, 0.3) is 0 Å². The lowest BCUT2D eigenvalue weighted by Gasteiger charge is -2.13. The van der Waals surface area contributed by atoms with E-state index in [9.17, 15) is 9.59 Å². The molecular weight excluding hydrogens is 266 g/mol. The van der Waals surface area contributed by atoms with Gasteiger partial charge in [-0.2, -0.15) is 4.98 Å². The van der Waals surface area contributed by atoms with Gasteiger partial charge in [-0.15, -0.1) is 0 Å². The number of nitrogens with zero attached hydrogens (tertiary/aromatic N) is 2. The minimum atomic E-state index is -0.414. The van der Waals surface area contributed by atoms with Gasteiger partial charge in [-0.25, -0.2) is 4.79 Å². The van der Waals surface area contributed by atoms with Gasteiger partial charge in [0.2, 0.25) is 5.91 Å². The minimum Gasteiger partial charge on any atom is -0.396 e. The maximum atomic E-state index is 12.0. The van der Waals surface area contributed by atoms with Crippen LogP contribution in [0.5, 0.6) is 0 Å². The average molecular weight is 283 g/mol. The van der Waals surface area contributed by atoms with Crippen LogP contribution in [-0.4, -0.2) is 32.9 Å². The molecule has 0 bridgehead atoms. The molecule has 19 heavy (non-hydrogen) atoms. The smallest absolute Gasteiger partial charge is 0.348 e. The van der Waals surface area contributed by atoms with Gasteiger partial charge >= 0.3 is 5.69 Å². The Labute approximate surface area is 115 Å². The number of aliphatic hydroxyl groups is 1. The van der Waals surface area contributed by atoms with Crippen LogP contribution < -0.4 is 11.4 Å². The van der Waals surface area contributed by atoms with Crippen molar-refractivity contribution in [2.75, 3.05) is 12.4 Å². The second kappa shape index (κ2) is 6.21. The lowest BCUT2D eigenvalue weighted by molar-refractivity contribution is -0.115. The third kappa shape index (κ3) is 3.16. The van der Waals surface area contributed by atoms with Gasteiger partial charge in [0, 0.05) is 24.4 Å². The quantitative estimate of drug-likeness (QED) is 0.551. The Bertz CT molecular complexity index is 542. The second-order valence-corrected chi connectivity index (χ2v) is 5.43. The Kier molecular flexibility index (Phi) is 4.60. The molecule has 0 aromatic carbocycles. The summed E-state index contributed by atoms with van der Waals surface area (Å²) in [6.45, 7) is 0.546. The van der Waals surface area contributed by atoms with Crippen molar-refractivity contribution in [1.82, 2.24) is 9.55 Å². The number of fused-ring (bicyclic) bond motifs is 1. The first-order valence-electron chi connectivity index (χ1n) is 6.28. The van der Waals surface area contributed by atoms with E-state index in [0.29, 0.717) is 18.0 Å². The molecule has 0 saturated heterocycles. The summed E-state index contributed by atoms with van der Waals surface area (Å²) in [5, 5.41) is 9.51. The Morgan fingerprint density at radius 3 is 2.95 bits per heavy atom. The standard InChI is InChI=1S/C12H17N3O3S/c13-10(17)7-19-11-8-3-1-4-9(8)15(5-2-6-16)12(18)14-11/h16H,1-7H2,(H2,13,17). The highest BCUT2D eigenvalue weighted by molar-refractivity contribution is 7.99. The molecule has 1 aliphatic carbocycles. The summed E-state index contributed by atoms with van der Waals surface area (Å²) in [4.78, 5) is 26.9. The fourth-order valence-corrected chi connectivity index (χ4v) is 3.12. The van der Waals surface area contributed by atoms with Crippen molar-refractivity contribution in [1.29, 1.82) is 0 Å². The van der Waals surface area contributed by atoms with Crippen LogP contribution in [-0.2, 0) is 24.2 Å². The van der Waals surface area contributed by atoms with Gasteiger partial charge < -0.3 is 10.8 Å². The lowest BCUT2D eigenvalue weighted by Crippen LogP contribution is -2.28. The number of thioether (sulfide) groups is 1. The summed E-state index contributed by atoms with van der Waals surface area (Å²) in [7, 11) is 0. The largest absolute Gasteiger partial charge is 0.396 e. The number of hydrogen-bond donors (Lipinski definition) is 2. The fraction of sp³-hybridized carbons (Fsp3) is 0.583. The summed E-state index contributed by atoms with van der Waals surface area (Å²) >= 11 is 1.23. The first-order valence-corrected chi connectivity index (χ1v) is 7.26. The summed E-state index contributed by atoms with van der Waals surface area (Å²) in [5.41, 5.74) is 6.88. The Morgan fingerprint density at radius 1 is 1.47 bits per heavy atom. The number of carbonyl (C=O) groups is 1. The molecule has 0 radical (unpaired) electrons. The number of rotatable bonds is 6. The van der Waals surface area contributed by atoms with Crippen LogP contribution in [0.4, 0.5) is 0 Å². The van der Waals surface area contributed by atoms with Crippen LogP contribution in [0.25, 0.3) is 0 Å². The predicted octanol–water partition coefficient (Wildman–Crippen LogP) is -0.308. The molecule has 1 aromatic heterocycles. The van der Waals surface area contributed by atoms with Gasteiger partial charge in [0.15, 0.2) is 0 Å². The number of nitrogens with two attached hydrogens (primary N) is 1. The SMILES string of the molecule is NC(=O)CSc1nc(=O)n(CCCO)c2c1CCC2. The van der Waals surface area contributed by atoms with E-state index in [1.165, 1.54) is 11.8 Å². The Hall–Kier alpha value is -1.34. The topological polar surface area (TPSA) is 98.2 Å². The first-order chi connectivity index (χ1) is 9.13. The zero-order valence-electron chi connectivity index (χ0n) is 10.6. The highest BCUT2D eigenvalue weighted by Gasteiger charge is 2.21. The third-order valence-electron chi connectivity index (χ3n) is 3.09. The molecular formula is C12H17N3O3S. The highest BCUT2D eigenvalue weighted by Crippen LogP contribution is 2.28. The number of carbonyl (C=O) groups excluding carboxylic acids is 1. The zero-order chi connectivity index (χ0) is 13.8. The number of hydrogen-bond acceptors (Lipinski definition) is 5. The van der Waals surface area contributed by atoms with Crippen molar-refractivity contribution in [3.63, 3.8) is 0 Å². The molecule has 104 valence electrons. The van der Waals surface area contributed by atoms with Gasteiger partial charge in [-0.05, 0) is 25.7 Å². The van der Waals surface area contributed by atoms with E-state index < -0.39 is 5.91 Å². The van der Waals surface area contributed by atoms with Gasteiger partial charge in [-0.3, -0.25) is 9.36 Å². The predicted molar refractivity (Wildman–Crippen MR) is 72.1 cm³/mol. The molecule has 0 aliphatic heterocycles. The first kappa shape index (κ1) is 14.1. The molecule has 0 saturated carbocycles. The van der Waals surface area contributed by atoms with E-state index in [-0.39, 0.29) is 18.0 Å². The molecule has 0 atom stereocenters. The summed E-state index contributed by atoms with van der Waals surface area (Å²) in [6.07, 6.45) is 3.26. The minimum absolute atomic E-state index is 0.0550. The van der Waals surface area contributed by atoms with Crippen LogP contribution in [0.1, 0.15) is 24.1 Å². The highest BCUT2D eigenvalue weighted by atomic mass is 32.2. The van der Waals surface area contributed by atoms with Crippen molar-refractivity contribution in [3.05, 3.63) is 21.7 Å². The maximum absolute atomic E-state index is 12.0. The molecule has 0 fully saturated rings. The van der Waals surface area contributed by atoms with Crippen LogP contribution >= 0.6 is 11.8 Å². The molecule has 1 amide bonds. The average Bonchev–Trinajstić information content (AvgIpc) is 2.84. The third-order valence-corrected chi connectivity index (χ3v) is 4.13. The van der Waals surface area contributed by atoms with Crippen LogP contribution in [0.15, 0.2) is 9.82 Å². The normalized spacial score (nSPS) is 13.5. The maximum Gasteiger partial charge on any atom is 0.348 e. The van der Waals surface area contributed by atoms with E-state index in [2.05, 4.69) is 4.98 Å². The van der Waals surface area contributed by atoms with E-state index in [1.807, 2.05) is 0 Å². The molecule has 0 spiro atoms. The van der Waals surface area contributed by atoms with Crippen molar-refractivity contribution in [3.8, 4) is 0 Å². The molecule has 2 rings (SSSR count). The van der Waals surface area contributed by atoms with E-state index in [4.69, 9.17) is 10.8 Å². The van der Waals surface area contributed by atoms with E-state index in [0.717, 1.165) is 30.5 Å². The molecule has 0 unspecified atom stereocenters. The summed E-state index contributed by atoms with van der Waals surface area (Å²) in [6, 6.07) is 0. The van der Waals surface area contributed by atoms with Gasteiger partial charge in [0.1, 0.15) is 5.03 Å². The second-order valence-electron chi connectivity index (χ2n) is 4.46. The summed E-state index contributed by atoms with van der Waals surface area (Å²) in [5.74, 6) is -0.275. The van der Waals surface area contributed by atoms with Crippen LogP contribution in [0.3, 0.4) is 0 Å². The number of primary amides is 1. The molecule has 1 heterocycles. The van der Waals surface area contributed by atoms with Crippen LogP contribution in [0, 0.1) is 0 Å². The molecule has 1 aliphatic rings. The number of amides is 1. The van der Waals surface area contributed by atoms with Crippen LogP contribution in [0.2, 0.25) is 0 Å². The number of aliphatic hydroxyl groups excluding tert-OH is 1. The van der Waals surface area contributed by atoms with Crippen molar-refractivity contribution < 1.29 is 9.90 Å². The Balaban J connectivity index is 2.33. The van der Waals surface area contributed by atoms with Gasteiger partial charge in [-0.1, -0.05) is 11.8 Å². The zero-order valence-corrected chi connectivity index (χ0v) is 11.4. The van der Waals surface area contributed by atoms with Crippen molar-refractivity contribution in [2.24, 2.45) is 5.73 Å². The lowest BCUT2D eigenvalue weighted by atomic mass is 10.2. The van der Waals surface area contributed by atoms with Gasteiger partial charge in [0.05, 0.1) is 5.75 Å². The summed E-state index contributed by atoms with van der Waals surface area (Å²) < 4.78 is 1.65. The van der Waals surface area contributed by atoms with Crippen molar-refractivity contribution >= 4 is 17.7 Å². The molecule has 3 N–H and O–H groups in total.